The molecule has 0 aromatic heterocycles. The van der Waals surface area contributed by atoms with Crippen molar-refractivity contribution in [1.29, 1.82) is 5.26 Å². The molecule has 1 aliphatic carbocycles. The van der Waals surface area contributed by atoms with E-state index in [4.69, 9.17) is 0 Å². The summed E-state index contributed by atoms with van der Waals surface area (Å²) >= 11 is 1.43. The van der Waals surface area contributed by atoms with Gasteiger partial charge in [-0.15, -0.1) is 11.8 Å². The SMILES string of the molecule is COC(=O)CC(C)SCC(=O)N(C)C1(C#N)CCCCC1. The maximum Gasteiger partial charge on any atom is 0.306 e. The highest BCUT2D eigenvalue weighted by molar-refractivity contribution is 8.00. The number of nitriles is 1. The summed E-state index contributed by atoms with van der Waals surface area (Å²) in [6, 6.07) is 2.35. The van der Waals surface area contributed by atoms with E-state index < -0.39 is 5.54 Å². The van der Waals surface area contributed by atoms with Crippen LogP contribution in [0, 0.1) is 11.3 Å². The average Bonchev–Trinajstić information content (AvgIpc) is 2.52. The zero-order valence-corrected chi connectivity index (χ0v) is 13.9. The molecule has 6 heteroatoms. The van der Waals surface area contributed by atoms with Crippen LogP contribution in [0.3, 0.4) is 0 Å². The molecule has 21 heavy (non-hydrogen) atoms. The molecule has 5 nitrogen and oxygen atoms in total. The molecular formula is C15H24N2O3S. The number of carbonyl (C=O) groups is 2. The van der Waals surface area contributed by atoms with Gasteiger partial charge in [0.25, 0.3) is 0 Å². The highest BCUT2D eigenvalue weighted by atomic mass is 32.2. The van der Waals surface area contributed by atoms with Gasteiger partial charge in [0.15, 0.2) is 0 Å². The molecule has 1 fully saturated rings. The van der Waals surface area contributed by atoms with Crippen molar-refractivity contribution in [2.45, 2.75) is 56.2 Å². The van der Waals surface area contributed by atoms with Crippen molar-refractivity contribution in [2.75, 3.05) is 19.9 Å². The van der Waals surface area contributed by atoms with E-state index in [9.17, 15) is 14.9 Å². The van der Waals surface area contributed by atoms with Crippen LogP contribution >= 0.6 is 11.8 Å². The summed E-state index contributed by atoms with van der Waals surface area (Å²) in [7, 11) is 3.08. The monoisotopic (exact) mass is 312 g/mol. The first-order valence-corrected chi connectivity index (χ1v) is 8.36. The van der Waals surface area contributed by atoms with E-state index in [1.807, 2.05) is 6.92 Å². The fourth-order valence-corrected chi connectivity index (χ4v) is 3.46. The van der Waals surface area contributed by atoms with Crippen LogP contribution in [0.5, 0.6) is 0 Å². The van der Waals surface area contributed by atoms with Crippen LogP contribution in [0.15, 0.2) is 0 Å². The second kappa shape index (κ2) is 8.28. The van der Waals surface area contributed by atoms with Crippen molar-refractivity contribution in [3.8, 4) is 6.07 Å². The van der Waals surface area contributed by atoms with Crippen LogP contribution in [0.4, 0.5) is 0 Å². The van der Waals surface area contributed by atoms with Gasteiger partial charge in [0.05, 0.1) is 25.4 Å². The number of hydrogen-bond acceptors (Lipinski definition) is 5. The third kappa shape index (κ3) is 4.92. The number of esters is 1. The average molecular weight is 312 g/mol. The Hall–Kier alpha value is -1.22. The molecule has 0 saturated heterocycles. The quantitative estimate of drug-likeness (QED) is 0.704. The standard InChI is InChI=1S/C15H24N2O3S/c1-12(9-14(19)20-3)21-10-13(18)17(2)15(11-16)7-5-4-6-8-15/h12H,4-10H2,1-3H3. The number of rotatable bonds is 6. The summed E-state index contributed by atoms with van der Waals surface area (Å²) in [6.45, 7) is 1.90. The van der Waals surface area contributed by atoms with Gasteiger partial charge in [0, 0.05) is 12.3 Å². The Kier molecular flexibility index (Phi) is 7.03. The highest BCUT2D eigenvalue weighted by Crippen LogP contribution is 2.33. The zero-order chi connectivity index (χ0) is 15.9. The molecule has 0 aromatic carbocycles. The van der Waals surface area contributed by atoms with Crippen LogP contribution in [-0.2, 0) is 14.3 Å². The molecule has 1 aliphatic rings. The molecular weight excluding hydrogens is 288 g/mol. The Balaban J connectivity index is 2.50. The molecule has 0 radical (unpaired) electrons. The molecule has 0 bridgehead atoms. The van der Waals surface area contributed by atoms with E-state index in [1.165, 1.54) is 18.9 Å². The van der Waals surface area contributed by atoms with Gasteiger partial charge >= 0.3 is 5.97 Å². The van der Waals surface area contributed by atoms with Crippen molar-refractivity contribution >= 4 is 23.6 Å². The van der Waals surface area contributed by atoms with Gasteiger partial charge in [-0.1, -0.05) is 26.2 Å². The number of carbonyl (C=O) groups excluding carboxylic acids is 2. The molecule has 1 saturated carbocycles. The minimum atomic E-state index is -0.637. The second-order valence-corrected chi connectivity index (χ2v) is 6.99. The van der Waals surface area contributed by atoms with Crippen LogP contribution in [0.1, 0.15) is 45.4 Å². The molecule has 1 unspecified atom stereocenters. The first-order chi connectivity index (χ1) is 9.95. The minimum absolute atomic E-state index is 0.0270. The summed E-state index contributed by atoms with van der Waals surface area (Å²) in [5, 5.41) is 9.50. The van der Waals surface area contributed by atoms with Crippen LogP contribution < -0.4 is 0 Å². The third-order valence-corrected chi connectivity index (χ3v) is 5.23. The van der Waals surface area contributed by atoms with Crippen molar-refractivity contribution in [1.82, 2.24) is 4.90 Å². The number of hydrogen-bond donors (Lipinski definition) is 0. The van der Waals surface area contributed by atoms with E-state index in [0.717, 1.165) is 32.1 Å². The van der Waals surface area contributed by atoms with Gasteiger partial charge in [0.1, 0.15) is 5.54 Å². The third-order valence-electron chi connectivity index (χ3n) is 4.08. The predicted molar refractivity (Wildman–Crippen MR) is 82.8 cm³/mol. The van der Waals surface area contributed by atoms with Gasteiger partial charge in [0.2, 0.25) is 5.91 Å². The maximum atomic E-state index is 12.3. The van der Waals surface area contributed by atoms with Crippen LogP contribution in [0.2, 0.25) is 0 Å². The van der Waals surface area contributed by atoms with E-state index in [-0.39, 0.29) is 22.9 Å². The van der Waals surface area contributed by atoms with Crippen molar-refractivity contribution < 1.29 is 14.3 Å². The molecule has 0 N–H and O–H groups in total. The van der Waals surface area contributed by atoms with Gasteiger partial charge in [-0.2, -0.15) is 5.26 Å². The van der Waals surface area contributed by atoms with Gasteiger partial charge in [-0.25, -0.2) is 0 Å². The fourth-order valence-electron chi connectivity index (χ4n) is 2.58. The Bertz CT molecular complexity index is 414. The smallest absolute Gasteiger partial charge is 0.306 e. The Morgan fingerprint density at radius 1 is 1.38 bits per heavy atom. The van der Waals surface area contributed by atoms with E-state index in [0.29, 0.717) is 6.42 Å². The lowest BCUT2D eigenvalue weighted by Gasteiger charge is -2.39. The van der Waals surface area contributed by atoms with Crippen molar-refractivity contribution in [3.63, 3.8) is 0 Å². The lowest BCUT2D eigenvalue weighted by molar-refractivity contribution is -0.140. The lowest BCUT2D eigenvalue weighted by atomic mass is 9.81. The normalized spacial score (nSPS) is 18.4. The number of amides is 1. The van der Waals surface area contributed by atoms with Gasteiger partial charge in [-0.3, -0.25) is 9.59 Å². The lowest BCUT2D eigenvalue weighted by Crippen LogP contribution is -2.50. The summed E-state index contributed by atoms with van der Waals surface area (Å²) in [5.41, 5.74) is -0.637. The molecule has 0 aliphatic heterocycles. The zero-order valence-electron chi connectivity index (χ0n) is 13.1. The summed E-state index contributed by atoms with van der Waals surface area (Å²) in [4.78, 5) is 25.1. The van der Waals surface area contributed by atoms with Crippen molar-refractivity contribution in [3.05, 3.63) is 0 Å². The fraction of sp³-hybridized carbons (Fsp3) is 0.800. The first kappa shape index (κ1) is 17.8. The molecule has 1 atom stereocenters. The number of nitrogens with zero attached hydrogens (tertiary/aromatic N) is 2. The van der Waals surface area contributed by atoms with Crippen molar-refractivity contribution in [2.24, 2.45) is 0 Å². The van der Waals surface area contributed by atoms with Gasteiger partial charge in [-0.05, 0) is 12.8 Å². The molecule has 1 amide bonds. The highest BCUT2D eigenvalue weighted by Gasteiger charge is 2.38. The van der Waals surface area contributed by atoms with E-state index >= 15 is 0 Å². The molecule has 118 valence electrons. The minimum Gasteiger partial charge on any atom is -0.469 e. The number of methoxy groups -OCH3 is 1. The Labute approximate surface area is 131 Å². The number of thioether (sulfide) groups is 1. The predicted octanol–water partition coefficient (Wildman–Crippen LogP) is 2.36. The maximum absolute atomic E-state index is 12.3. The summed E-state index contributed by atoms with van der Waals surface area (Å²) in [5.74, 6) is -0.0188. The Morgan fingerprint density at radius 2 is 2.00 bits per heavy atom. The second-order valence-electron chi connectivity index (χ2n) is 5.56. The largest absolute Gasteiger partial charge is 0.469 e. The summed E-state index contributed by atoms with van der Waals surface area (Å²) in [6.07, 6.45) is 4.94. The molecule has 0 aromatic rings. The van der Waals surface area contributed by atoms with E-state index in [1.54, 1.807) is 11.9 Å². The number of ether oxygens (including phenoxy) is 1. The van der Waals surface area contributed by atoms with Crippen LogP contribution in [0.25, 0.3) is 0 Å². The van der Waals surface area contributed by atoms with Crippen LogP contribution in [-0.4, -0.2) is 47.5 Å². The molecule has 0 spiro atoms. The van der Waals surface area contributed by atoms with Gasteiger partial charge < -0.3 is 9.64 Å². The molecule has 1 rings (SSSR count). The molecule has 0 heterocycles. The first-order valence-electron chi connectivity index (χ1n) is 7.31. The summed E-state index contributed by atoms with van der Waals surface area (Å²) < 4.78 is 4.61. The topological polar surface area (TPSA) is 70.4 Å². The van der Waals surface area contributed by atoms with E-state index in [2.05, 4.69) is 10.8 Å². The Morgan fingerprint density at radius 3 is 2.52 bits per heavy atom.